The fourth-order valence-corrected chi connectivity index (χ4v) is 2.17. The van der Waals surface area contributed by atoms with Crippen LogP contribution < -0.4 is 10.5 Å². The van der Waals surface area contributed by atoms with E-state index >= 15 is 0 Å². The topological polar surface area (TPSA) is 72.6 Å². The zero-order chi connectivity index (χ0) is 14.3. The molecule has 0 saturated heterocycles. The van der Waals surface area contributed by atoms with E-state index in [1.807, 2.05) is 0 Å². The van der Waals surface area contributed by atoms with E-state index in [0.29, 0.717) is 27.6 Å². The van der Waals surface area contributed by atoms with E-state index in [2.05, 4.69) is 0 Å². The Morgan fingerprint density at radius 3 is 2.80 bits per heavy atom. The number of anilines is 1. The zero-order valence-electron chi connectivity index (χ0n) is 10.3. The monoisotopic (exact) mass is 287 g/mol. The summed E-state index contributed by atoms with van der Waals surface area (Å²) in [5, 5.41) is 9.91. The highest BCUT2D eigenvalue weighted by Gasteiger charge is 2.27. The minimum absolute atomic E-state index is 0.0417. The minimum atomic E-state index is -0.251. The molecular weight excluding hydrogens is 278 g/mol. The average molecular weight is 288 g/mol. The van der Waals surface area contributed by atoms with Gasteiger partial charge in [0.05, 0.1) is 5.56 Å². The lowest BCUT2D eigenvalue weighted by atomic mass is 10.1. The average Bonchev–Trinajstić information content (AvgIpc) is 2.70. The predicted octanol–water partition coefficient (Wildman–Crippen LogP) is 3.24. The second-order valence-electron chi connectivity index (χ2n) is 4.39. The summed E-state index contributed by atoms with van der Waals surface area (Å²) in [6, 6.07) is 9.35. The van der Waals surface area contributed by atoms with Gasteiger partial charge in [-0.05, 0) is 36.4 Å². The third-order valence-corrected chi connectivity index (χ3v) is 3.22. The second kappa shape index (κ2) is 4.58. The fourth-order valence-electron chi connectivity index (χ4n) is 1.99. The molecule has 2 aromatic carbocycles. The molecule has 3 N–H and O–H groups in total. The lowest BCUT2D eigenvalue weighted by Crippen LogP contribution is -1.99. The van der Waals surface area contributed by atoms with Crippen LogP contribution in [-0.4, -0.2) is 10.9 Å². The molecule has 1 aliphatic heterocycles. The highest BCUT2D eigenvalue weighted by molar-refractivity contribution is 6.30. The lowest BCUT2D eigenvalue weighted by Gasteiger charge is -2.02. The quantitative estimate of drug-likeness (QED) is 0.624. The van der Waals surface area contributed by atoms with E-state index in [9.17, 15) is 9.90 Å². The van der Waals surface area contributed by atoms with Gasteiger partial charge in [-0.1, -0.05) is 11.6 Å². The van der Waals surface area contributed by atoms with Crippen LogP contribution in [0, 0.1) is 0 Å². The second-order valence-corrected chi connectivity index (χ2v) is 4.83. The summed E-state index contributed by atoms with van der Waals surface area (Å²) in [6.45, 7) is 0. The number of hydrogen-bond donors (Lipinski definition) is 2. The number of Topliss-reactive ketones (excluding diaryl/α,β-unsaturated/α-hetero) is 1. The standard InChI is InChI=1S/C15H10ClNO3/c16-9-1-4-12(17)8(5-9)6-14-15(19)11-3-2-10(18)7-13(11)20-14/h1-7,18H,17H2/b14-6-. The molecule has 0 spiro atoms. The normalized spacial score (nSPS) is 15.2. The van der Waals surface area contributed by atoms with Crippen molar-refractivity contribution >= 4 is 29.1 Å². The smallest absolute Gasteiger partial charge is 0.231 e. The molecule has 2 aromatic rings. The van der Waals surface area contributed by atoms with Crippen LogP contribution in [0.4, 0.5) is 5.69 Å². The molecule has 0 bridgehead atoms. The Kier molecular flexibility index (Phi) is 2.88. The summed E-state index contributed by atoms with van der Waals surface area (Å²) >= 11 is 5.90. The molecule has 0 amide bonds. The van der Waals surface area contributed by atoms with Crippen molar-refractivity contribution in [2.45, 2.75) is 0 Å². The molecule has 20 heavy (non-hydrogen) atoms. The molecule has 4 nitrogen and oxygen atoms in total. The maximum Gasteiger partial charge on any atom is 0.231 e. The van der Waals surface area contributed by atoms with Crippen molar-refractivity contribution in [1.82, 2.24) is 0 Å². The number of carbonyl (C=O) groups is 1. The Morgan fingerprint density at radius 1 is 1.20 bits per heavy atom. The van der Waals surface area contributed by atoms with Crippen LogP contribution in [0.3, 0.4) is 0 Å². The third kappa shape index (κ3) is 2.10. The molecular formula is C15H10ClNO3. The number of hydrogen-bond acceptors (Lipinski definition) is 4. The number of allylic oxidation sites excluding steroid dienone is 1. The van der Waals surface area contributed by atoms with E-state index in [-0.39, 0.29) is 17.3 Å². The van der Waals surface area contributed by atoms with Gasteiger partial charge in [0.25, 0.3) is 0 Å². The SMILES string of the molecule is Nc1ccc(Cl)cc1/C=C1\Oc2cc(O)ccc2C1=O. The Morgan fingerprint density at radius 2 is 2.00 bits per heavy atom. The van der Waals surface area contributed by atoms with Crippen molar-refractivity contribution in [3.8, 4) is 11.5 Å². The Labute approximate surface area is 120 Å². The number of phenols is 1. The summed E-state index contributed by atoms with van der Waals surface area (Å²) in [7, 11) is 0. The molecule has 0 atom stereocenters. The summed E-state index contributed by atoms with van der Waals surface area (Å²) in [6.07, 6.45) is 1.54. The lowest BCUT2D eigenvalue weighted by molar-refractivity contribution is 0.101. The Balaban J connectivity index is 2.03. The van der Waals surface area contributed by atoms with Gasteiger partial charge in [-0.15, -0.1) is 0 Å². The van der Waals surface area contributed by atoms with E-state index in [4.69, 9.17) is 22.1 Å². The molecule has 5 heteroatoms. The summed E-state index contributed by atoms with van der Waals surface area (Å²) in [5.41, 5.74) is 7.35. The fraction of sp³-hybridized carbons (Fsp3) is 0. The molecule has 3 rings (SSSR count). The van der Waals surface area contributed by atoms with E-state index in [1.165, 1.54) is 18.2 Å². The first-order valence-electron chi connectivity index (χ1n) is 5.87. The van der Waals surface area contributed by atoms with Crippen molar-refractivity contribution in [1.29, 1.82) is 0 Å². The van der Waals surface area contributed by atoms with Gasteiger partial charge < -0.3 is 15.6 Å². The first-order valence-corrected chi connectivity index (χ1v) is 6.25. The van der Waals surface area contributed by atoms with Crippen LogP contribution in [0.15, 0.2) is 42.2 Å². The van der Waals surface area contributed by atoms with Gasteiger partial charge in [-0.2, -0.15) is 0 Å². The maximum absolute atomic E-state index is 12.2. The number of aromatic hydroxyl groups is 1. The number of fused-ring (bicyclic) bond motifs is 1. The Hall–Kier alpha value is -2.46. The van der Waals surface area contributed by atoms with Gasteiger partial charge >= 0.3 is 0 Å². The molecule has 1 heterocycles. The predicted molar refractivity (Wildman–Crippen MR) is 76.9 cm³/mol. The summed E-state index contributed by atoms with van der Waals surface area (Å²) in [4.78, 5) is 12.2. The van der Waals surface area contributed by atoms with Crippen LogP contribution >= 0.6 is 11.6 Å². The van der Waals surface area contributed by atoms with Crippen LogP contribution in [0.5, 0.6) is 11.5 Å². The van der Waals surface area contributed by atoms with Gasteiger partial charge in [-0.25, -0.2) is 0 Å². The first kappa shape index (κ1) is 12.6. The highest BCUT2D eigenvalue weighted by atomic mass is 35.5. The van der Waals surface area contributed by atoms with Crippen molar-refractivity contribution in [2.24, 2.45) is 0 Å². The first-order chi connectivity index (χ1) is 9.54. The molecule has 0 unspecified atom stereocenters. The third-order valence-electron chi connectivity index (χ3n) is 2.99. The molecule has 0 aliphatic carbocycles. The van der Waals surface area contributed by atoms with Crippen LogP contribution in [0.2, 0.25) is 5.02 Å². The molecule has 1 aliphatic rings. The number of nitrogen functional groups attached to an aromatic ring is 1. The molecule has 0 radical (unpaired) electrons. The maximum atomic E-state index is 12.2. The number of carbonyl (C=O) groups excluding carboxylic acids is 1. The van der Waals surface area contributed by atoms with Gasteiger partial charge in [-0.3, -0.25) is 4.79 Å². The number of rotatable bonds is 1. The summed E-state index contributed by atoms with van der Waals surface area (Å²) < 4.78 is 5.45. The number of nitrogens with two attached hydrogens (primary N) is 1. The van der Waals surface area contributed by atoms with Gasteiger partial charge in [0, 0.05) is 22.3 Å². The molecule has 0 saturated carbocycles. The largest absolute Gasteiger partial charge is 0.508 e. The van der Waals surface area contributed by atoms with E-state index in [1.54, 1.807) is 24.3 Å². The number of phenolic OH excluding ortho intramolecular Hbond substituents is 1. The van der Waals surface area contributed by atoms with Gasteiger partial charge in [0.15, 0.2) is 5.76 Å². The van der Waals surface area contributed by atoms with Gasteiger partial charge in [0.2, 0.25) is 5.78 Å². The van der Waals surface area contributed by atoms with Crippen molar-refractivity contribution in [3.63, 3.8) is 0 Å². The van der Waals surface area contributed by atoms with Crippen LogP contribution in [0.1, 0.15) is 15.9 Å². The zero-order valence-corrected chi connectivity index (χ0v) is 11.0. The minimum Gasteiger partial charge on any atom is -0.508 e. The number of ketones is 1. The van der Waals surface area contributed by atoms with E-state index < -0.39 is 0 Å². The van der Waals surface area contributed by atoms with Gasteiger partial charge in [0.1, 0.15) is 11.5 Å². The van der Waals surface area contributed by atoms with Crippen LogP contribution in [-0.2, 0) is 0 Å². The van der Waals surface area contributed by atoms with E-state index in [0.717, 1.165) is 0 Å². The molecule has 0 fully saturated rings. The molecule has 0 aromatic heterocycles. The van der Waals surface area contributed by atoms with Crippen molar-refractivity contribution in [3.05, 3.63) is 58.3 Å². The van der Waals surface area contributed by atoms with Crippen LogP contribution in [0.25, 0.3) is 6.08 Å². The summed E-state index contributed by atoms with van der Waals surface area (Å²) in [5.74, 6) is 0.279. The number of benzene rings is 2. The number of ether oxygens (including phenoxy) is 1. The highest BCUT2D eigenvalue weighted by Crippen LogP contribution is 2.35. The van der Waals surface area contributed by atoms with Crippen molar-refractivity contribution < 1.29 is 14.6 Å². The molecule has 100 valence electrons. The van der Waals surface area contributed by atoms with Crippen molar-refractivity contribution in [2.75, 3.05) is 5.73 Å². The Bertz CT molecular complexity index is 753. The number of halogens is 1.